The van der Waals surface area contributed by atoms with E-state index in [0.717, 1.165) is 30.2 Å². The largest absolute Gasteiger partial charge is 0.457 e. The molecular weight excluding hydrogens is 402 g/mol. The molecule has 0 saturated heterocycles. The van der Waals surface area contributed by atoms with Crippen LogP contribution in [-0.2, 0) is 0 Å². The molecule has 1 heterocycles. The molecule has 4 rings (SSSR count). The molecule has 7 nitrogen and oxygen atoms in total. The summed E-state index contributed by atoms with van der Waals surface area (Å²) in [7, 11) is 4.05. The number of para-hydroxylation sites is 1. The second-order valence-electron chi connectivity index (χ2n) is 7.73. The molecule has 0 spiro atoms. The van der Waals surface area contributed by atoms with Gasteiger partial charge in [-0.2, -0.15) is 0 Å². The first kappa shape index (κ1) is 21.3. The van der Waals surface area contributed by atoms with Gasteiger partial charge in [0.25, 0.3) is 0 Å². The van der Waals surface area contributed by atoms with Crippen LogP contribution in [0, 0.1) is 0 Å². The average Bonchev–Trinajstić information content (AvgIpc) is 3.17. The summed E-state index contributed by atoms with van der Waals surface area (Å²) in [4.78, 5) is 15.1. The molecule has 0 bridgehead atoms. The summed E-state index contributed by atoms with van der Waals surface area (Å²) in [5, 5.41) is 3.32. The Hall–Kier alpha value is -3.97. The monoisotopic (exact) mass is 429 g/mol. The number of ether oxygens (including phenoxy) is 1. The third-order valence-electron chi connectivity index (χ3n) is 5.06. The Morgan fingerprint density at radius 2 is 1.50 bits per heavy atom. The fourth-order valence-electron chi connectivity index (χ4n) is 3.34. The molecule has 32 heavy (non-hydrogen) atoms. The molecule has 7 heteroatoms. The van der Waals surface area contributed by atoms with Crippen LogP contribution in [-0.4, -0.2) is 41.2 Å². The topological polar surface area (TPSA) is 77.5 Å². The SMILES string of the molecule is CN(C)CCNc1ccc(-n2ccn(-c3ccc(Oc4ccccc4)cc3)c2=O)cc1N. The first-order chi connectivity index (χ1) is 15.5. The molecule has 0 aliphatic rings. The average molecular weight is 430 g/mol. The van der Waals surface area contributed by atoms with Gasteiger partial charge in [0.05, 0.1) is 22.7 Å². The molecule has 0 aliphatic heterocycles. The predicted molar refractivity (Wildman–Crippen MR) is 129 cm³/mol. The maximum absolute atomic E-state index is 13.0. The standard InChI is InChI=1S/C25H27N5O2/c1-28(2)15-14-27-24-13-10-20(18-23(24)26)30-17-16-29(25(30)31)19-8-11-22(12-9-19)32-21-6-4-3-5-7-21/h3-13,16-18,27H,14-15,26H2,1-2H3. The van der Waals surface area contributed by atoms with Gasteiger partial charge in [-0.05, 0) is 68.7 Å². The Bertz CT molecular complexity index is 1230. The van der Waals surface area contributed by atoms with Crippen molar-refractivity contribution in [3.05, 3.63) is 95.7 Å². The number of hydrogen-bond donors (Lipinski definition) is 2. The summed E-state index contributed by atoms with van der Waals surface area (Å²) in [5.74, 6) is 1.47. The third-order valence-corrected chi connectivity index (χ3v) is 5.06. The van der Waals surface area contributed by atoms with E-state index in [2.05, 4.69) is 10.2 Å². The summed E-state index contributed by atoms with van der Waals surface area (Å²) in [5.41, 5.74) is 8.97. The number of nitrogens with zero attached hydrogens (tertiary/aromatic N) is 3. The van der Waals surface area contributed by atoms with E-state index in [9.17, 15) is 4.79 Å². The van der Waals surface area contributed by atoms with Crippen molar-refractivity contribution in [3.63, 3.8) is 0 Å². The van der Waals surface area contributed by atoms with Crippen molar-refractivity contribution in [2.24, 2.45) is 0 Å². The molecule has 3 aromatic carbocycles. The second-order valence-corrected chi connectivity index (χ2v) is 7.73. The lowest BCUT2D eigenvalue weighted by Gasteiger charge is -2.14. The number of rotatable bonds is 8. The molecule has 0 unspecified atom stereocenters. The maximum Gasteiger partial charge on any atom is 0.337 e. The molecule has 1 aromatic heterocycles. The van der Waals surface area contributed by atoms with Gasteiger partial charge in [0.1, 0.15) is 11.5 Å². The van der Waals surface area contributed by atoms with Gasteiger partial charge in [-0.15, -0.1) is 0 Å². The van der Waals surface area contributed by atoms with E-state index >= 15 is 0 Å². The number of benzene rings is 3. The number of nitrogens with two attached hydrogens (primary N) is 1. The van der Waals surface area contributed by atoms with E-state index in [1.54, 1.807) is 27.6 Å². The highest BCUT2D eigenvalue weighted by atomic mass is 16.5. The highest BCUT2D eigenvalue weighted by Gasteiger charge is 2.09. The number of hydrogen-bond acceptors (Lipinski definition) is 5. The van der Waals surface area contributed by atoms with Gasteiger partial charge in [0.15, 0.2) is 0 Å². The molecule has 0 saturated carbocycles. The van der Waals surface area contributed by atoms with Crippen LogP contribution in [0.25, 0.3) is 11.4 Å². The Morgan fingerprint density at radius 3 is 2.16 bits per heavy atom. The Balaban J connectivity index is 1.51. The van der Waals surface area contributed by atoms with Crippen molar-refractivity contribution in [1.82, 2.24) is 14.0 Å². The van der Waals surface area contributed by atoms with E-state index < -0.39 is 0 Å². The van der Waals surface area contributed by atoms with Crippen LogP contribution in [0.4, 0.5) is 11.4 Å². The molecule has 0 radical (unpaired) electrons. The van der Waals surface area contributed by atoms with Crippen LogP contribution in [0.5, 0.6) is 11.5 Å². The zero-order valence-electron chi connectivity index (χ0n) is 18.2. The van der Waals surface area contributed by atoms with Crippen molar-refractivity contribution in [3.8, 4) is 22.9 Å². The van der Waals surface area contributed by atoms with E-state index in [-0.39, 0.29) is 5.69 Å². The highest BCUT2D eigenvalue weighted by Crippen LogP contribution is 2.23. The van der Waals surface area contributed by atoms with Crippen LogP contribution in [0.2, 0.25) is 0 Å². The van der Waals surface area contributed by atoms with Crippen molar-refractivity contribution >= 4 is 11.4 Å². The summed E-state index contributed by atoms with van der Waals surface area (Å²) in [6.07, 6.45) is 3.49. The lowest BCUT2D eigenvalue weighted by molar-refractivity contribution is 0.425. The third kappa shape index (κ3) is 4.84. The van der Waals surface area contributed by atoms with Crippen LogP contribution in [0.1, 0.15) is 0 Å². The fourth-order valence-corrected chi connectivity index (χ4v) is 3.34. The Kier molecular flexibility index (Phi) is 6.28. The van der Waals surface area contributed by atoms with E-state index in [1.165, 1.54) is 0 Å². The normalized spacial score (nSPS) is 11.0. The summed E-state index contributed by atoms with van der Waals surface area (Å²) in [6, 6.07) is 22.6. The Morgan fingerprint density at radius 1 is 0.875 bits per heavy atom. The van der Waals surface area contributed by atoms with Crippen LogP contribution in [0.15, 0.2) is 90.0 Å². The van der Waals surface area contributed by atoms with Crippen molar-refractivity contribution in [1.29, 1.82) is 0 Å². The summed E-state index contributed by atoms with van der Waals surface area (Å²) in [6.45, 7) is 1.69. The smallest absolute Gasteiger partial charge is 0.337 e. The highest BCUT2D eigenvalue weighted by molar-refractivity contribution is 5.69. The lowest BCUT2D eigenvalue weighted by Crippen LogP contribution is -2.22. The quantitative estimate of drug-likeness (QED) is 0.415. The number of nitrogens with one attached hydrogen (secondary N) is 1. The van der Waals surface area contributed by atoms with Gasteiger partial charge in [-0.25, -0.2) is 4.79 Å². The van der Waals surface area contributed by atoms with E-state index in [4.69, 9.17) is 10.5 Å². The molecule has 0 aliphatic carbocycles. The zero-order chi connectivity index (χ0) is 22.5. The summed E-state index contributed by atoms with van der Waals surface area (Å²) >= 11 is 0. The predicted octanol–water partition coefficient (Wildman–Crippen LogP) is 3.98. The van der Waals surface area contributed by atoms with Crippen LogP contribution >= 0.6 is 0 Å². The molecule has 164 valence electrons. The number of anilines is 2. The lowest BCUT2D eigenvalue weighted by atomic mass is 10.2. The maximum atomic E-state index is 13.0. The van der Waals surface area contributed by atoms with Gasteiger partial charge in [0, 0.05) is 25.5 Å². The number of aromatic nitrogens is 2. The van der Waals surface area contributed by atoms with Gasteiger partial charge in [-0.3, -0.25) is 9.13 Å². The van der Waals surface area contributed by atoms with Gasteiger partial charge in [0.2, 0.25) is 0 Å². The molecule has 3 N–H and O–H groups in total. The Labute approximate surface area is 187 Å². The minimum absolute atomic E-state index is 0.172. The second kappa shape index (κ2) is 9.45. The van der Waals surface area contributed by atoms with Gasteiger partial charge >= 0.3 is 5.69 Å². The van der Waals surface area contributed by atoms with Crippen molar-refractivity contribution in [2.45, 2.75) is 0 Å². The van der Waals surface area contributed by atoms with Crippen molar-refractivity contribution in [2.75, 3.05) is 38.2 Å². The molecule has 0 fully saturated rings. The molecule has 0 atom stereocenters. The van der Waals surface area contributed by atoms with Gasteiger partial charge < -0.3 is 20.7 Å². The minimum atomic E-state index is -0.172. The number of likely N-dealkylation sites (N-methyl/N-ethyl adjacent to an activating group) is 1. The fraction of sp³-hybridized carbons (Fsp3) is 0.160. The van der Waals surface area contributed by atoms with Crippen LogP contribution in [0.3, 0.4) is 0 Å². The first-order valence-electron chi connectivity index (χ1n) is 10.4. The number of imidazole rings is 1. The summed E-state index contributed by atoms with van der Waals surface area (Å²) < 4.78 is 8.99. The minimum Gasteiger partial charge on any atom is -0.457 e. The van der Waals surface area contributed by atoms with Crippen molar-refractivity contribution < 1.29 is 4.74 Å². The molecule has 4 aromatic rings. The van der Waals surface area contributed by atoms with E-state index in [0.29, 0.717) is 17.1 Å². The molecular formula is C25H27N5O2. The van der Waals surface area contributed by atoms with Gasteiger partial charge in [-0.1, -0.05) is 18.2 Å². The van der Waals surface area contributed by atoms with E-state index in [1.807, 2.05) is 80.8 Å². The van der Waals surface area contributed by atoms with Crippen LogP contribution < -0.4 is 21.5 Å². The molecule has 0 amide bonds. The zero-order valence-corrected chi connectivity index (χ0v) is 18.2. The first-order valence-corrected chi connectivity index (χ1v) is 10.4. The number of nitrogen functional groups attached to an aromatic ring is 1.